The number of piperidine rings is 1. The quantitative estimate of drug-likeness (QED) is 0.722. The van der Waals surface area contributed by atoms with Crippen molar-refractivity contribution in [3.63, 3.8) is 0 Å². The predicted molar refractivity (Wildman–Crippen MR) is 61.4 cm³/mol. The normalized spacial score (nSPS) is 26.4. The van der Waals surface area contributed by atoms with Crippen LogP contribution in [0.15, 0.2) is 18.2 Å². The molecule has 2 heterocycles. The number of nitrogens with one attached hydrogen (secondary N) is 1. The summed E-state index contributed by atoms with van der Waals surface area (Å²) in [5.41, 5.74) is 0.310. The van der Waals surface area contributed by atoms with Crippen LogP contribution in [0.25, 0.3) is 0 Å². The third-order valence-corrected chi connectivity index (χ3v) is 3.74. The molecule has 0 saturated carbocycles. The van der Waals surface area contributed by atoms with Crippen LogP contribution in [0.5, 0.6) is 5.75 Å². The second kappa shape index (κ2) is 3.96. The lowest BCUT2D eigenvalue weighted by Crippen LogP contribution is -2.49. The van der Waals surface area contributed by atoms with Crippen molar-refractivity contribution in [3.8, 4) is 5.75 Å². The summed E-state index contributed by atoms with van der Waals surface area (Å²) >= 11 is 0. The number of halogens is 1. The highest BCUT2D eigenvalue weighted by Crippen LogP contribution is 2.43. The van der Waals surface area contributed by atoms with Crippen LogP contribution >= 0.6 is 0 Å². The van der Waals surface area contributed by atoms with Crippen molar-refractivity contribution in [2.24, 2.45) is 0 Å². The van der Waals surface area contributed by atoms with Crippen molar-refractivity contribution in [2.45, 2.75) is 31.0 Å². The van der Waals surface area contributed by atoms with Gasteiger partial charge in [-0.2, -0.15) is 0 Å². The van der Waals surface area contributed by atoms with Gasteiger partial charge in [-0.25, -0.2) is 4.39 Å². The maximum absolute atomic E-state index is 13.1. The zero-order valence-corrected chi connectivity index (χ0v) is 9.58. The van der Waals surface area contributed by atoms with Crippen molar-refractivity contribution in [3.05, 3.63) is 29.6 Å². The summed E-state index contributed by atoms with van der Waals surface area (Å²) in [6, 6.07) is 4.37. The first-order valence-corrected chi connectivity index (χ1v) is 6.06. The fraction of sp³-hybridized carbons (Fsp3) is 0.538. The van der Waals surface area contributed by atoms with Crippen molar-refractivity contribution in [1.82, 2.24) is 5.32 Å². The lowest BCUT2D eigenvalue weighted by Gasteiger charge is -2.43. The number of aliphatic hydroxyl groups excluding tert-OH is 1. The molecule has 1 aromatic rings. The maximum Gasteiger partial charge on any atom is 0.126 e. The Bertz CT molecular complexity index is 429. The number of ether oxygens (including phenoxy) is 1. The van der Waals surface area contributed by atoms with E-state index in [2.05, 4.69) is 5.32 Å². The summed E-state index contributed by atoms with van der Waals surface area (Å²) in [7, 11) is 0. The molecule has 3 rings (SSSR count). The Kier molecular flexibility index (Phi) is 2.56. The van der Waals surface area contributed by atoms with Gasteiger partial charge in [0.05, 0.1) is 6.10 Å². The van der Waals surface area contributed by atoms with E-state index < -0.39 is 6.10 Å². The zero-order chi connectivity index (χ0) is 11.9. The second-order valence-electron chi connectivity index (χ2n) is 4.94. The second-order valence-corrected chi connectivity index (χ2v) is 4.94. The van der Waals surface area contributed by atoms with Crippen LogP contribution in [0.1, 0.15) is 30.9 Å². The number of hydrogen-bond donors (Lipinski definition) is 2. The van der Waals surface area contributed by atoms with Gasteiger partial charge in [-0.15, -0.1) is 0 Å². The highest BCUT2D eigenvalue weighted by Gasteiger charge is 2.41. The molecule has 0 aliphatic carbocycles. The standard InChI is InChI=1S/C13H16FNO2/c14-9-1-2-12-10(7-9)11(16)8-13(17-12)3-5-15-6-4-13/h1-2,7,11,15-16H,3-6,8H2/t11-/m1/s1. The molecule has 1 saturated heterocycles. The first-order valence-electron chi connectivity index (χ1n) is 6.06. The van der Waals surface area contributed by atoms with Crippen LogP contribution in [0.4, 0.5) is 4.39 Å². The minimum atomic E-state index is -0.618. The molecule has 3 nitrogen and oxygen atoms in total. The monoisotopic (exact) mass is 237 g/mol. The van der Waals surface area contributed by atoms with E-state index in [0.29, 0.717) is 17.7 Å². The molecule has 2 N–H and O–H groups in total. The van der Waals surface area contributed by atoms with Gasteiger partial charge >= 0.3 is 0 Å². The molecule has 1 aromatic carbocycles. The molecule has 2 aliphatic rings. The summed E-state index contributed by atoms with van der Waals surface area (Å²) in [6.45, 7) is 1.81. The first kappa shape index (κ1) is 11.0. The van der Waals surface area contributed by atoms with Crippen molar-refractivity contribution in [1.29, 1.82) is 0 Å². The zero-order valence-electron chi connectivity index (χ0n) is 9.58. The lowest BCUT2D eigenvalue weighted by molar-refractivity contribution is -0.0338. The van der Waals surface area contributed by atoms with Gasteiger partial charge in [-0.3, -0.25) is 0 Å². The minimum Gasteiger partial charge on any atom is -0.487 e. The van der Waals surface area contributed by atoms with E-state index in [1.165, 1.54) is 12.1 Å². The summed E-state index contributed by atoms with van der Waals surface area (Å²) < 4.78 is 19.1. The molecule has 17 heavy (non-hydrogen) atoms. The Morgan fingerprint density at radius 3 is 2.88 bits per heavy atom. The van der Waals surface area contributed by atoms with E-state index in [1.807, 2.05) is 0 Å². The van der Waals surface area contributed by atoms with E-state index in [9.17, 15) is 9.50 Å². The van der Waals surface area contributed by atoms with Crippen LogP contribution in [0, 0.1) is 5.82 Å². The molecule has 92 valence electrons. The van der Waals surface area contributed by atoms with Gasteiger partial charge < -0.3 is 15.2 Å². The van der Waals surface area contributed by atoms with E-state index in [1.54, 1.807) is 6.07 Å². The SMILES string of the molecule is O[C@@H]1CC2(CCNCC2)Oc2ccc(F)cc21. The number of hydrogen-bond acceptors (Lipinski definition) is 3. The minimum absolute atomic E-state index is 0.268. The Morgan fingerprint density at radius 2 is 2.12 bits per heavy atom. The van der Waals surface area contributed by atoms with Crippen LogP contribution in [-0.4, -0.2) is 23.8 Å². The molecule has 0 aromatic heterocycles. The van der Waals surface area contributed by atoms with E-state index >= 15 is 0 Å². The smallest absolute Gasteiger partial charge is 0.126 e. The van der Waals surface area contributed by atoms with Crippen LogP contribution < -0.4 is 10.1 Å². The predicted octanol–water partition coefficient (Wildman–Crippen LogP) is 1.76. The van der Waals surface area contributed by atoms with E-state index in [4.69, 9.17) is 4.74 Å². The molecule has 0 radical (unpaired) electrons. The summed E-state index contributed by atoms with van der Waals surface area (Å²) in [6.07, 6.45) is 1.72. The molecule has 2 aliphatic heterocycles. The molecule has 1 atom stereocenters. The lowest BCUT2D eigenvalue weighted by atomic mass is 9.82. The molecule has 0 amide bonds. The van der Waals surface area contributed by atoms with Crippen LogP contribution in [-0.2, 0) is 0 Å². The first-order chi connectivity index (χ1) is 8.19. The van der Waals surface area contributed by atoms with Crippen LogP contribution in [0.2, 0.25) is 0 Å². The van der Waals surface area contributed by atoms with E-state index in [-0.39, 0.29) is 11.4 Å². The summed E-state index contributed by atoms with van der Waals surface area (Å²) in [5.74, 6) is 0.305. The molecular formula is C13H16FNO2. The molecular weight excluding hydrogens is 221 g/mol. The van der Waals surface area contributed by atoms with Gasteiger partial charge in [0.15, 0.2) is 0 Å². The van der Waals surface area contributed by atoms with Gasteiger partial charge in [0.1, 0.15) is 17.2 Å². The molecule has 0 unspecified atom stereocenters. The fourth-order valence-electron chi connectivity index (χ4n) is 2.80. The van der Waals surface area contributed by atoms with Crippen molar-refractivity contribution < 1.29 is 14.2 Å². The Hall–Kier alpha value is -1.13. The molecule has 4 heteroatoms. The topological polar surface area (TPSA) is 41.5 Å². The van der Waals surface area contributed by atoms with E-state index in [0.717, 1.165) is 25.9 Å². The number of rotatable bonds is 0. The Morgan fingerprint density at radius 1 is 1.35 bits per heavy atom. The average Bonchev–Trinajstić information content (AvgIpc) is 2.31. The molecule has 1 spiro atoms. The molecule has 1 fully saturated rings. The third kappa shape index (κ3) is 1.91. The number of fused-ring (bicyclic) bond motifs is 1. The van der Waals surface area contributed by atoms with Gasteiger partial charge in [-0.1, -0.05) is 0 Å². The highest BCUT2D eigenvalue weighted by molar-refractivity contribution is 5.38. The van der Waals surface area contributed by atoms with Gasteiger partial charge in [-0.05, 0) is 44.1 Å². The fourth-order valence-corrected chi connectivity index (χ4v) is 2.80. The van der Waals surface area contributed by atoms with Crippen LogP contribution in [0.3, 0.4) is 0 Å². The third-order valence-electron chi connectivity index (χ3n) is 3.74. The average molecular weight is 237 g/mol. The summed E-state index contributed by atoms with van der Waals surface area (Å²) in [4.78, 5) is 0. The summed E-state index contributed by atoms with van der Waals surface area (Å²) in [5, 5.41) is 13.4. The van der Waals surface area contributed by atoms with Gasteiger partial charge in [0.2, 0.25) is 0 Å². The van der Waals surface area contributed by atoms with Gasteiger partial charge in [0.25, 0.3) is 0 Å². The molecule has 0 bridgehead atoms. The van der Waals surface area contributed by atoms with Crippen molar-refractivity contribution >= 4 is 0 Å². The van der Waals surface area contributed by atoms with Crippen molar-refractivity contribution in [2.75, 3.05) is 13.1 Å². The highest BCUT2D eigenvalue weighted by atomic mass is 19.1. The maximum atomic E-state index is 13.1. The Balaban J connectivity index is 1.94. The van der Waals surface area contributed by atoms with Gasteiger partial charge in [0, 0.05) is 12.0 Å². The largest absolute Gasteiger partial charge is 0.487 e. The Labute approximate surface area is 99.6 Å². The number of aliphatic hydroxyl groups is 1. The number of benzene rings is 1.